The number of aromatic hydroxyl groups is 1. The molecule has 0 radical (unpaired) electrons. The minimum Gasteiger partial charge on any atom is -0.505 e. The van der Waals surface area contributed by atoms with Crippen LogP contribution in [0.4, 0.5) is 4.39 Å². The lowest BCUT2D eigenvalue weighted by Crippen LogP contribution is -2.14. The van der Waals surface area contributed by atoms with E-state index in [4.69, 9.17) is 27.9 Å². The number of nitrogens with zero attached hydrogens (tertiary/aromatic N) is 1. The molecule has 2 aromatic carbocycles. The van der Waals surface area contributed by atoms with Crippen molar-refractivity contribution in [3.8, 4) is 11.5 Å². The Morgan fingerprint density at radius 3 is 2.46 bits per heavy atom. The average Bonchev–Trinajstić information content (AvgIpc) is 2.85. The number of rotatable bonds is 2. The number of ether oxygens (including phenoxy) is 1. The van der Waals surface area contributed by atoms with Crippen LogP contribution in [0.3, 0.4) is 0 Å². The SMILES string of the molecule is CC(=O)Oc1c(C)n(C(=O)c2ccc(Cl)c(Cl)c2)c2ccc(O)c(F)c12. The van der Waals surface area contributed by atoms with Gasteiger partial charge < -0.3 is 9.84 Å². The maximum atomic E-state index is 14.5. The van der Waals surface area contributed by atoms with Gasteiger partial charge in [0.25, 0.3) is 5.91 Å². The molecule has 1 heterocycles. The lowest BCUT2D eigenvalue weighted by molar-refractivity contribution is -0.131. The molecule has 0 saturated heterocycles. The maximum absolute atomic E-state index is 14.5. The molecule has 0 saturated carbocycles. The molecule has 0 bridgehead atoms. The lowest BCUT2D eigenvalue weighted by atomic mass is 10.2. The molecule has 26 heavy (non-hydrogen) atoms. The summed E-state index contributed by atoms with van der Waals surface area (Å²) in [7, 11) is 0. The van der Waals surface area contributed by atoms with Gasteiger partial charge in [-0.15, -0.1) is 0 Å². The van der Waals surface area contributed by atoms with E-state index in [1.807, 2.05) is 0 Å². The third-order valence-electron chi connectivity index (χ3n) is 3.85. The number of hydrogen-bond donors (Lipinski definition) is 1. The molecule has 0 aliphatic rings. The maximum Gasteiger partial charge on any atom is 0.308 e. The zero-order valence-electron chi connectivity index (χ0n) is 13.6. The van der Waals surface area contributed by atoms with Gasteiger partial charge in [0.2, 0.25) is 0 Å². The Morgan fingerprint density at radius 2 is 1.85 bits per heavy atom. The Morgan fingerprint density at radius 1 is 1.15 bits per heavy atom. The van der Waals surface area contributed by atoms with Crippen LogP contribution >= 0.6 is 23.2 Å². The van der Waals surface area contributed by atoms with E-state index in [2.05, 4.69) is 0 Å². The predicted molar refractivity (Wildman–Crippen MR) is 95.8 cm³/mol. The lowest BCUT2D eigenvalue weighted by Gasteiger charge is -2.08. The number of aromatic nitrogens is 1. The van der Waals surface area contributed by atoms with Gasteiger partial charge in [0.05, 0.1) is 26.6 Å². The number of phenols is 1. The van der Waals surface area contributed by atoms with E-state index in [0.717, 1.165) is 13.0 Å². The van der Waals surface area contributed by atoms with Crippen molar-refractivity contribution in [2.75, 3.05) is 0 Å². The highest BCUT2D eigenvalue weighted by atomic mass is 35.5. The first-order chi connectivity index (χ1) is 12.2. The smallest absolute Gasteiger partial charge is 0.308 e. The van der Waals surface area contributed by atoms with Crippen LogP contribution in [0, 0.1) is 12.7 Å². The normalized spacial score (nSPS) is 11.0. The Labute approximate surface area is 157 Å². The molecule has 0 spiro atoms. The molecule has 3 rings (SSSR count). The summed E-state index contributed by atoms with van der Waals surface area (Å²) in [5, 5.41) is 9.97. The van der Waals surface area contributed by atoms with Crippen molar-refractivity contribution in [2.24, 2.45) is 0 Å². The zero-order valence-corrected chi connectivity index (χ0v) is 15.2. The first kappa shape index (κ1) is 18.2. The van der Waals surface area contributed by atoms with Gasteiger partial charge >= 0.3 is 5.97 Å². The summed E-state index contributed by atoms with van der Waals surface area (Å²) >= 11 is 11.8. The largest absolute Gasteiger partial charge is 0.505 e. The summed E-state index contributed by atoms with van der Waals surface area (Å²) in [6.45, 7) is 2.66. The number of hydrogen-bond acceptors (Lipinski definition) is 4. The number of carbonyl (C=O) groups is 2. The summed E-state index contributed by atoms with van der Waals surface area (Å²) in [6.07, 6.45) is 0. The highest BCUT2D eigenvalue weighted by molar-refractivity contribution is 6.42. The van der Waals surface area contributed by atoms with Crippen molar-refractivity contribution < 1.29 is 23.8 Å². The number of benzene rings is 2. The summed E-state index contributed by atoms with van der Waals surface area (Å²) in [5.74, 6) is -2.94. The second-order valence-electron chi connectivity index (χ2n) is 5.57. The van der Waals surface area contributed by atoms with Crippen LogP contribution in [-0.4, -0.2) is 21.6 Å². The third-order valence-corrected chi connectivity index (χ3v) is 4.59. The van der Waals surface area contributed by atoms with Gasteiger partial charge in [0, 0.05) is 12.5 Å². The van der Waals surface area contributed by atoms with Gasteiger partial charge in [-0.1, -0.05) is 23.2 Å². The van der Waals surface area contributed by atoms with E-state index in [9.17, 15) is 19.1 Å². The Balaban J connectivity index is 2.30. The molecule has 0 aliphatic heterocycles. The number of esters is 1. The molecule has 1 aromatic heterocycles. The van der Waals surface area contributed by atoms with Gasteiger partial charge in [0.15, 0.2) is 17.3 Å². The molecule has 0 amide bonds. The van der Waals surface area contributed by atoms with Crippen LogP contribution in [-0.2, 0) is 4.79 Å². The van der Waals surface area contributed by atoms with E-state index < -0.39 is 23.4 Å². The monoisotopic (exact) mass is 395 g/mol. The van der Waals surface area contributed by atoms with Crippen LogP contribution in [0.1, 0.15) is 23.0 Å². The van der Waals surface area contributed by atoms with E-state index in [0.29, 0.717) is 0 Å². The van der Waals surface area contributed by atoms with Gasteiger partial charge in [-0.25, -0.2) is 4.39 Å². The second-order valence-corrected chi connectivity index (χ2v) is 6.38. The van der Waals surface area contributed by atoms with E-state index in [1.165, 1.54) is 35.8 Å². The molecule has 0 aliphatic carbocycles. The highest BCUT2D eigenvalue weighted by Crippen LogP contribution is 2.38. The molecule has 3 aromatic rings. The summed E-state index contributed by atoms with van der Waals surface area (Å²) in [5.41, 5.74) is 0.558. The fourth-order valence-corrected chi connectivity index (χ4v) is 3.01. The molecule has 0 fully saturated rings. The highest BCUT2D eigenvalue weighted by Gasteiger charge is 2.26. The van der Waals surface area contributed by atoms with Crippen LogP contribution in [0.2, 0.25) is 10.0 Å². The molecular weight excluding hydrogens is 384 g/mol. The van der Waals surface area contributed by atoms with Crippen LogP contribution in [0.25, 0.3) is 10.9 Å². The van der Waals surface area contributed by atoms with Crippen molar-refractivity contribution in [1.82, 2.24) is 4.57 Å². The first-order valence-corrected chi connectivity index (χ1v) is 8.18. The number of halogens is 3. The first-order valence-electron chi connectivity index (χ1n) is 7.43. The van der Waals surface area contributed by atoms with Crippen molar-refractivity contribution in [1.29, 1.82) is 0 Å². The molecule has 0 unspecified atom stereocenters. The standard InChI is InChI=1S/C18H12Cl2FNO4/c1-8-17(26-9(2)23)15-13(5-6-14(24)16(15)21)22(8)18(25)10-3-4-11(19)12(20)7-10/h3-7,24H,1-2H3. The van der Waals surface area contributed by atoms with Crippen LogP contribution < -0.4 is 4.74 Å². The fraction of sp³-hybridized carbons (Fsp3) is 0.111. The quantitative estimate of drug-likeness (QED) is 0.637. The van der Waals surface area contributed by atoms with Gasteiger partial charge in [0.1, 0.15) is 0 Å². The Hall–Kier alpha value is -2.57. The van der Waals surface area contributed by atoms with Gasteiger partial charge in [-0.2, -0.15) is 0 Å². The zero-order chi connectivity index (χ0) is 19.2. The predicted octanol–water partition coefficient (Wildman–Crippen LogP) is 4.72. The minimum atomic E-state index is -0.984. The average molecular weight is 396 g/mol. The molecule has 1 N–H and O–H groups in total. The summed E-state index contributed by atoms with van der Waals surface area (Å²) in [6, 6.07) is 6.82. The van der Waals surface area contributed by atoms with Gasteiger partial charge in [-0.3, -0.25) is 14.2 Å². The van der Waals surface area contributed by atoms with Crippen molar-refractivity contribution in [2.45, 2.75) is 13.8 Å². The fourth-order valence-electron chi connectivity index (χ4n) is 2.71. The van der Waals surface area contributed by atoms with Crippen molar-refractivity contribution in [3.63, 3.8) is 0 Å². The Kier molecular flexibility index (Phi) is 4.64. The molecule has 0 atom stereocenters. The summed E-state index contributed by atoms with van der Waals surface area (Å²) in [4.78, 5) is 24.4. The number of fused-ring (bicyclic) bond motifs is 1. The number of phenolic OH excluding ortho intramolecular Hbond substituents is 1. The van der Waals surface area contributed by atoms with Crippen LogP contribution in [0.5, 0.6) is 11.5 Å². The Bertz CT molecular complexity index is 1070. The van der Waals surface area contributed by atoms with E-state index >= 15 is 0 Å². The third kappa shape index (κ3) is 2.91. The van der Waals surface area contributed by atoms with Gasteiger partial charge in [-0.05, 0) is 37.3 Å². The summed E-state index contributed by atoms with van der Waals surface area (Å²) < 4.78 is 20.8. The second kappa shape index (κ2) is 6.63. The van der Waals surface area contributed by atoms with E-state index in [1.54, 1.807) is 0 Å². The van der Waals surface area contributed by atoms with E-state index in [-0.39, 0.29) is 38.0 Å². The topological polar surface area (TPSA) is 68.5 Å². The molecule has 5 nitrogen and oxygen atoms in total. The molecule has 134 valence electrons. The minimum absolute atomic E-state index is 0.130. The van der Waals surface area contributed by atoms with Crippen molar-refractivity contribution in [3.05, 3.63) is 57.5 Å². The molecular formula is C18H12Cl2FNO4. The van der Waals surface area contributed by atoms with Crippen LogP contribution in [0.15, 0.2) is 30.3 Å². The number of carbonyl (C=O) groups excluding carboxylic acids is 2. The molecule has 8 heteroatoms. The van der Waals surface area contributed by atoms with Crippen molar-refractivity contribution >= 4 is 46.0 Å².